The molecule has 1 saturated heterocycles. The van der Waals surface area contributed by atoms with Gasteiger partial charge >= 0.3 is 5.91 Å². The predicted octanol–water partition coefficient (Wildman–Crippen LogP) is 0.900. The molecule has 2 aliphatic rings. The maximum atomic E-state index is 12.7. The number of rotatable bonds is 2. The number of fused-ring (bicyclic) bond motifs is 2. The molecule has 0 radical (unpaired) electrons. The van der Waals surface area contributed by atoms with Crippen LogP contribution in [0.25, 0.3) is 0 Å². The van der Waals surface area contributed by atoms with Crippen LogP contribution in [0.5, 0.6) is 0 Å². The van der Waals surface area contributed by atoms with Gasteiger partial charge in [0.25, 0.3) is 0 Å². The average Bonchev–Trinajstić information content (AvgIpc) is 3.04. The van der Waals surface area contributed by atoms with E-state index in [2.05, 4.69) is 16.2 Å². The third-order valence-corrected chi connectivity index (χ3v) is 5.25. The number of piperidine rings is 1. The smallest absolute Gasteiger partial charge is 0.305 e. The van der Waals surface area contributed by atoms with E-state index in [0.717, 1.165) is 0 Å². The van der Waals surface area contributed by atoms with E-state index < -0.39 is 28.1 Å². The minimum Gasteiger partial charge on any atom is -0.459 e. The molecule has 25 heavy (non-hydrogen) atoms. The van der Waals surface area contributed by atoms with E-state index in [9.17, 15) is 19.2 Å². The number of carbonyl (C=O) groups excluding carboxylic acids is 4. The monoisotopic (exact) mass is 347 g/mol. The summed E-state index contributed by atoms with van der Waals surface area (Å²) >= 11 is 0. The van der Waals surface area contributed by atoms with Crippen LogP contribution in [0.2, 0.25) is 0 Å². The largest absolute Gasteiger partial charge is 0.459 e. The first-order valence-electron chi connectivity index (χ1n) is 8.08. The number of carbonyl (C=O) groups is 4. The van der Waals surface area contributed by atoms with Crippen LogP contribution in [0.1, 0.15) is 50.6 Å². The second kappa shape index (κ2) is 5.44. The lowest BCUT2D eigenvalue weighted by atomic mass is 9.52. The predicted molar refractivity (Wildman–Crippen MR) is 85.6 cm³/mol. The average molecular weight is 347 g/mol. The first kappa shape index (κ1) is 17.2. The summed E-state index contributed by atoms with van der Waals surface area (Å²) in [5.41, 5.74) is 2.11. The topological polar surface area (TPSA) is 118 Å². The molecule has 2 heterocycles. The fourth-order valence-corrected chi connectivity index (χ4v) is 4.39. The van der Waals surface area contributed by atoms with E-state index in [-0.39, 0.29) is 30.4 Å². The number of amides is 4. The molecule has 134 valence electrons. The fraction of sp³-hybridized carbons (Fsp3) is 0.529. The summed E-state index contributed by atoms with van der Waals surface area (Å²) in [5.74, 6) is -1.66. The van der Waals surface area contributed by atoms with Crippen molar-refractivity contribution in [1.29, 1.82) is 0 Å². The van der Waals surface area contributed by atoms with Gasteiger partial charge in [0.2, 0.25) is 17.7 Å². The molecule has 8 nitrogen and oxygen atoms in total. The molecule has 2 bridgehead atoms. The van der Waals surface area contributed by atoms with Crippen molar-refractivity contribution in [1.82, 2.24) is 16.2 Å². The van der Waals surface area contributed by atoms with Crippen LogP contribution < -0.4 is 16.2 Å². The minimum absolute atomic E-state index is 0.0689. The zero-order valence-corrected chi connectivity index (χ0v) is 14.4. The molecular weight excluding hydrogens is 326 g/mol. The zero-order chi connectivity index (χ0) is 18.5. The van der Waals surface area contributed by atoms with Crippen molar-refractivity contribution in [2.24, 2.45) is 16.2 Å². The van der Waals surface area contributed by atoms with Gasteiger partial charge in [0, 0.05) is 10.8 Å². The maximum absolute atomic E-state index is 12.7. The van der Waals surface area contributed by atoms with Gasteiger partial charge in [0.15, 0.2) is 5.76 Å². The maximum Gasteiger partial charge on any atom is 0.305 e. The van der Waals surface area contributed by atoms with E-state index >= 15 is 0 Å². The van der Waals surface area contributed by atoms with Crippen LogP contribution in [0.15, 0.2) is 22.8 Å². The van der Waals surface area contributed by atoms with E-state index in [4.69, 9.17) is 4.42 Å². The molecule has 1 aromatic heterocycles. The molecule has 0 spiro atoms. The molecule has 3 N–H and O–H groups in total. The van der Waals surface area contributed by atoms with Gasteiger partial charge in [0.1, 0.15) is 0 Å². The minimum atomic E-state index is -0.967. The molecule has 1 aliphatic heterocycles. The first-order valence-corrected chi connectivity index (χ1v) is 8.08. The highest BCUT2D eigenvalue weighted by Crippen LogP contribution is 2.56. The van der Waals surface area contributed by atoms with Crippen molar-refractivity contribution >= 4 is 23.6 Å². The second-order valence-corrected chi connectivity index (χ2v) is 7.88. The second-order valence-electron chi connectivity index (χ2n) is 7.88. The highest BCUT2D eigenvalue weighted by atomic mass is 16.3. The Morgan fingerprint density at radius 2 is 1.64 bits per heavy atom. The van der Waals surface area contributed by atoms with Crippen LogP contribution in [0, 0.1) is 16.2 Å². The molecule has 8 heteroatoms. The van der Waals surface area contributed by atoms with Gasteiger partial charge in [-0.1, -0.05) is 20.8 Å². The summed E-state index contributed by atoms with van der Waals surface area (Å²) in [6, 6.07) is 3.03. The Kier molecular flexibility index (Phi) is 3.74. The van der Waals surface area contributed by atoms with Gasteiger partial charge < -0.3 is 4.42 Å². The Morgan fingerprint density at radius 1 is 1.04 bits per heavy atom. The molecule has 1 aromatic rings. The lowest BCUT2D eigenvalue weighted by molar-refractivity contribution is -0.164. The third kappa shape index (κ3) is 2.81. The van der Waals surface area contributed by atoms with Gasteiger partial charge in [0.05, 0.1) is 11.7 Å². The lowest BCUT2D eigenvalue weighted by Gasteiger charge is -2.53. The van der Waals surface area contributed by atoms with Gasteiger partial charge in [-0.2, -0.15) is 0 Å². The highest BCUT2D eigenvalue weighted by Gasteiger charge is 2.60. The van der Waals surface area contributed by atoms with Crippen LogP contribution >= 0.6 is 0 Å². The Bertz CT molecular complexity index is 728. The van der Waals surface area contributed by atoms with Gasteiger partial charge in [-0.05, 0) is 31.4 Å². The lowest BCUT2D eigenvalue weighted by Crippen LogP contribution is -2.64. The van der Waals surface area contributed by atoms with Crippen LogP contribution in [-0.4, -0.2) is 23.6 Å². The summed E-state index contributed by atoms with van der Waals surface area (Å²) in [6.45, 7) is 5.24. The van der Waals surface area contributed by atoms with Gasteiger partial charge in [-0.15, -0.1) is 0 Å². The van der Waals surface area contributed by atoms with Crippen molar-refractivity contribution < 1.29 is 23.6 Å². The molecule has 2 fully saturated rings. The van der Waals surface area contributed by atoms with Crippen molar-refractivity contribution in [3.05, 3.63) is 24.2 Å². The normalized spacial score (nSPS) is 34.2. The number of hydrazine groups is 1. The van der Waals surface area contributed by atoms with Crippen LogP contribution in [0.3, 0.4) is 0 Å². The van der Waals surface area contributed by atoms with Crippen LogP contribution in [-0.2, 0) is 14.4 Å². The number of hydrogen-bond donors (Lipinski definition) is 3. The summed E-state index contributed by atoms with van der Waals surface area (Å²) in [5, 5.41) is 2.42. The molecule has 3 rings (SSSR count). The van der Waals surface area contributed by atoms with Crippen molar-refractivity contribution in [2.45, 2.75) is 40.0 Å². The molecule has 2 atom stereocenters. The van der Waals surface area contributed by atoms with E-state index in [1.807, 2.05) is 0 Å². The Labute approximate surface area is 144 Å². The van der Waals surface area contributed by atoms with Crippen molar-refractivity contribution in [3.63, 3.8) is 0 Å². The standard InChI is InChI=1S/C17H21N3O5/c1-15-7-16(2,13(23)18-12(15)22)9-17(3,8-15)14(24)20-19-11(21)10-5-4-6-25-10/h4-6H,7-9H2,1-3H3,(H,19,21)(H,20,24)(H,18,22,23). The van der Waals surface area contributed by atoms with Crippen molar-refractivity contribution in [2.75, 3.05) is 0 Å². The van der Waals surface area contributed by atoms with Crippen LogP contribution in [0.4, 0.5) is 0 Å². The van der Waals surface area contributed by atoms with Gasteiger partial charge in [-0.3, -0.25) is 35.3 Å². The highest BCUT2D eigenvalue weighted by molar-refractivity contribution is 6.04. The molecular formula is C17H21N3O5. The molecule has 1 saturated carbocycles. The zero-order valence-electron chi connectivity index (χ0n) is 14.4. The number of furan rings is 1. The fourth-order valence-electron chi connectivity index (χ4n) is 4.39. The molecule has 2 unspecified atom stereocenters. The Hall–Kier alpha value is -2.64. The summed E-state index contributed by atoms with van der Waals surface area (Å²) in [7, 11) is 0. The van der Waals surface area contributed by atoms with Gasteiger partial charge in [-0.25, -0.2) is 0 Å². The Balaban J connectivity index is 1.76. The van der Waals surface area contributed by atoms with E-state index in [1.165, 1.54) is 12.3 Å². The summed E-state index contributed by atoms with van der Waals surface area (Å²) < 4.78 is 4.96. The van der Waals surface area contributed by atoms with Crippen molar-refractivity contribution in [3.8, 4) is 0 Å². The van der Waals surface area contributed by atoms with E-state index in [1.54, 1.807) is 26.8 Å². The molecule has 0 aromatic carbocycles. The number of nitrogens with one attached hydrogen (secondary N) is 3. The number of imide groups is 1. The first-order chi connectivity index (χ1) is 11.6. The number of hydrogen-bond acceptors (Lipinski definition) is 5. The summed E-state index contributed by atoms with van der Waals surface area (Å²) in [6.07, 6.45) is 2.34. The Morgan fingerprint density at radius 3 is 2.16 bits per heavy atom. The van der Waals surface area contributed by atoms with E-state index in [0.29, 0.717) is 6.42 Å². The quantitative estimate of drug-likeness (QED) is 0.543. The SMILES string of the molecule is CC1(C(=O)NNC(=O)c2ccco2)CC2(C)CC(C)(C1)C(=O)NC2=O. The molecule has 4 amide bonds. The molecule has 1 aliphatic carbocycles. The summed E-state index contributed by atoms with van der Waals surface area (Å²) in [4.78, 5) is 49.1. The third-order valence-electron chi connectivity index (χ3n) is 5.25.